The second kappa shape index (κ2) is 7.51. The van der Waals surface area contributed by atoms with Crippen LogP contribution >= 0.6 is 24.0 Å². The van der Waals surface area contributed by atoms with Crippen molar-refractivity contribution in [1.29, 1.82) is 0 Å². The number of anilines is 1. The van der Waals surface area contributed by atoms with Crippen molar-refractivity contribution in [2.45, 2.75) is 0 Å². The van der Waals surface area contributed by atoms with Crippen LogP contribution in [0.1, 0.15) is 5.56 Å². The van der Waals surface area contributed by atoms with Crippen LogP contribution in [0.15, 0.2) is 29.3 Å². The fourth-order valence-corrected chi connectivity index (χ4v) is 1.05. The first-order valence-corrected chi connectivity index (χ1v) is 4.53. The lowest BCUT2D eigenvalue weighted by Gasteiger charge is -2.03. The largest absolute Gasteiger partial charge is 0.370 e. The Bertz CT molecular complexity index is 461. The molecule has 6 heteroatoms. The number of aliphatic imine (C=N–C) groups is 1. The molecule has 1 aromatic rings. The van der Waals surface area contributed by atoms with Crippen LogP contribution in [-0.2, 0) is 4.79 Å². The molecule has 90 valence electrons. The number of guanidine groups is 1. The van der Waals surface area contributed by atoms with E-state index in [1.54, 1.807) is 24.3 Å². The van der Waals surface area contributed by atoms with Gasteiger partial charge in [-0.25, -0.2) is 4.99 Å². The first kappa shape index (κ1) is 15.2. The average molecular weight is 344 g/mol. The summed E-state index contributed by atoms with van der Waals surface area (Å²) in [5.74, 6) is 2.05. The topological polar surface area (TPSA) is 93.5 Å². The molecule has 5 nitrogen and oxygen atoms in total. The van der Waals surface area contributed by atoms with E-state index in [0.29, 0.717) is 11.3 Å². The molecule has 0 spiro atoms. The lowest BCUT2D eigenvalue weighted by Crippen LogP contribution is -2.25. The van der Waals surface area contributed by atoms with E-state index in [1.807, 2.05) is 0 Å². The molecule has 1 aromatic carbocycles. The summed E-state index contributed by atoms with van der Waals surface area (Å²) in [5, 5.41) is 2.62. The van der Waals surface area contributed by atoms with Gasteiger partial charge in [0.25, 0.3) is 0 Å². The van der Waals surface area contributed by atoms with E-state index in [2.05, 4.69) is 16.2 Å². The van der Waals surface area contributed by atoms with Gasteiger partial charge in [-0.2, -0.15) is 0 Å². The predicted octanol–water partition coefficient (Wildman–Crippen LogP) is 0.498. The van der Waals surface area contributed by atoms with E-state index in [4.69, 9.17) is 17.9 Å². The fraction of sp³-hybridized carbons (Fsp3) is 0.0909. The Morgan fingerprint density at radius 1 is 1.47 bits per heavy atom. The quantitative estimate of drug-likeness (QED) is 0.323. The van der Waals surface area contributed by atoms with Crippen LogP contribution in [0.4, 0.5) is 5.69 Å². The molecule has 0 atom stereocenters. The summed E-state index contributed by atoms with van der Waals surface area (Å²) < 4.78 is 0. The molecule has 0 bridgehead atoms. The highest BCUT2D eigenvalue weighted by Gasteiger charge is 2.01. The van der Waals surface area contributed by atoms with Crippen LogP contribution in [0.3, 0.4) is 0 Å². The lowest BCUT2D eigenvalue weighted by molar-refractivity contribution is -0.114. The summed E-state index contributed by atoms with van der Waals surface area (Å²) in [7, 11) is 0. The van der Waals surface area contributed by atoms with Crippen LogP contribution in [0, 0.1) is 12.3 Å². The minimum absolute atomic E-state index is 0. The van der Waals surface area contributed by atoms with Crippen LogP contribution in [0.25, 0.3) is 0 Å². The molecule has 17 heavy (non-hydrogen) atoms. The first-order valence-electron chi connectivity index (χ1n) is 4.53. The van der Waals surface area contributed by atoms with Crippen LogP contribution in [0.2, 0.25) is 0 Å². The molecule has 0 heterocycles. The number of nitrogens with one attached hydrogen (secondary N) is 1. The Morgan fingerprint density at radius 2 is 2.18 bits per heavy atom. The summed E-state index contributed by atoms with van der Waals surface area (Å²) in [6.07, 6.45) is 5.23. The van der Waals surface area contributed by atoms with Crippen molar-refractivity contribution in [3.63, 3.8) is 0 Å². The third kappa shape index (κ3) is 5.77. The van der Waals surface area contributed by atoms with E-state index in [0.717, 1.165) is 0 Å². The van der Waals surface area contributed by atoms with Crippen molar-refractivity contribution < 1.29 is 4.79 Å². The van der Waals surface area contributed by atoms with E-state index < -0.39 is 0 Å². The number of hydrogen-bond acceptors (Lipinski definition) is 2. The highest BCUT2D eigenvalue weighted by Crippen LogP contribution is 2.09. The summed E-state index contributed by atoms with van der Waals surface area (Å²) in [5.41, 5.74) is 11.5. The zero-order valence-corrected chi connectivity index (χ0v) is 11.3. The van der Waals surface area contributed by atoms with Gasteiger partial charge in [0.1, 0.15) is 6.54 Å². The van der Waals surface area contributed by atoms with Gasteiger partial charge in [-0.15, -0.1) is 30.4 Å². The van der Waals surface area contributed by atoms with Gasteiger partial charge in [0.2, 0.25) is 5.91 Å². The van der Waals surface area contributed by atoms with Crippen LogP contribution in [0.5, 0.6) is 0 Å². The number of hydrogen-bond donors (Lipinski definition) is 3. The van der Waals surface area contributed by atoms with Gasteiger partial charge in [0, 0.05) is 11.3 Å². The van der Waals surface area contributed by atoms with Gasteiger partial charge in [0.15, 0.2) is 5.96 Å². The Balaban J connectivity index is 0.00000256. The van der Waals surface area contributed by atoms with Crippen molar-refractivity contribution in [1.82, 2.24) is 0 Å². The maximum Gasteiger partial charge on any atom is 0.246 e. The summed E-state index contributed by atoms with van der Waals surface area (Å²) in [6, 6.07) is 6.94. The molecule has 0 saturated heterocycles. The van der Waals surface area contributed by atoms with Crippen molar-refractivity contribution in [2.24, 2.45) is 16.5 Å². The van der Waals surface area contributed by atoms with Gasteiger partial charge in [0.05, 0.1) is 0 Å². The van der Waals surface area contributed by atoms with Gasteiger partial charge >= 0.3 is 0 Å². The number of benzene rings is 1. The summed E-state index contributed by atoms with van der Waals surface area (Å²) in [4.78, 5) is 14.9. The standard InChI is InChI=1S/C11H12N4O.HI/c1-2-8-4-3-5-9(6-8)15-10(16)7-14-11(12)13;/h1,3-6H,7H2,(H,15,16)(H4,12,13,14);1H. The van der Waals surface area contributed by atoms with Crippen molar-refractivity contribution in [2.75, 3.05) is 11.9 Å². The van der Waals surface area contributed by atoms with E-state index in [9.17, 15) is 4.79 Å². The van der Waals surface area contributed by atoms with Crippen molar-refractivity contribution in [3.05, 3.63) is 29.8 Å². The maximum absolute atomic E-state index is 11.3. The maximum atomic E-state index is 11.3. The molecule has 0 radical (unpaired) electrons. The highest BCUT2D eigenvalue weighted by molar-refractivity contribution is 14.0. The minimum atomic E-state index is -0.303. The summed E-state index contributed by atoms with van der Waals surface area (Å²) in [6.45, 7) is -0.109. The van der Waals surface area contributed by atoms with Crippen LogP contribution in [-0.4, -0.2) is 18.4 Å². The van der Waals surface area contributed by atoms with E-state index >= 15 is 0 Å². The third-order valence-corrected chi connectivity index (χ3v) is 1.72. The molecule has 0 aliphatic carbocycles. The molecule has 0 unspecified atom stereocenters. The Labute approximate surface area is 117 Å². The molecular formula is C11H13IN4O. The Hall–Kier alpha value is -1.75. The zero-order chi connectivity index (χ0) is 12.0. The van der Waals surface area contributed by atoms with Gasteiger partial charge in [-0.3, -0.25) is 4.79 Å². The number of nitrogens with two attached hydrogens (primary N) is 2. The smallest absolute Gasteiger partial charge is 0.246 e. The zero-order valence-electron chi connectivity index (χ0n) is 9.01. The monoisotopic (exact) mass is 344 g/mol. The summed E-state index contributed by atoms with van der Waals surface area (Å²) >= 11 is 0. The molecule has 0 aliphatic rings. The number of nitrogens with zero attached hydrogens (tertiary/aromatic N) is 1. The number of rotatable bonds is 3. The molecule has 0 aliphatic heterocycles. The number of carbonyl (C=O) groups is 1. The number of amides is 1. The normalized spacial score (nSPS) is 8.41. The van der Waals surface area contributed by atoms with Gasteiger partial charge in [-0.1, -0.05) is 12.0 Å². The number of carbonyl (C=O) groups excluding carboxylic acids is 1. The minimum Gasteiger partial charge on any atom is -0.370 e. The highest BCUT2D eigenvalue weighted by atomic mass is 127. The third-order valence-electron chi connectivity index (χ3n) is 1.72. The molecule has 0 fully saturated rings. The fourth-order valence-electron chi connectivity index (χ4n) is 1.05. The lowest BCUT2D eigenvalue weighted by atomic mass is 10.2. The van der Waals surface area contributed by atoms with E-state index in [1.165, 1.54) is 0 Å². The Morgan fingerprint density at radius 3 is 2.76 bits per heavy atom. The molecule has 0 aromatic heterocycles. The SMILES string of the molecule is C#Cc1cccc(NC(=O)CN=C(N)N)c1.I. The van der Waals surface area contributed by atoms with Crippen molar-refractivity contribution in [3.8, 4) is 12.3 Å². The number of terminal acetylenes is 1. The average Bonchev–Trinajstić information content (AvgIpc) is 2.26. The molecule has 5 N–H and O–H groups in total. The Kier molecular flexibility index (Phi) is 6.74. The second-order valence-electron chi connectivity index (χ2n) is 3.01. The number of halogens is 1. The van der Waals surface area contributed by atoms with Crippen LogP contribution < -0.4 is 16.8 Å². The predicted molar refractivity (Wildman–Crippen MR) is 79.1 cm³/mol. The van der Waals surface area contributed by atoms with E-state index in [-0.39, 0.29) is 42.4 Å². The van der Waals surface area contributed by atoms with Gasteiger partial charge in [-0.05, 0) is 18.2 Å². The second-order valence-corrected chi connectivity index (χ2v) is 3.01. The van der Waals surface area contributed by atoms with Gasteiger partial charge < -0.3 is 16.8 Å². The van der Waals surface area contributed by atoms with Crippen molar-refractivity contribution >= 4 is 41.5 Å². The molecule has 1 amide bonds. The molecular weight excluding hydrogens is 331 g/mol. The molecule has 1 rings (SSSR count). The first-order chi connectivity index (χ1) is 7.61. The molecule has 0 saturated carbocycles.